The van der Waals surface area contributed by atoms with Gasteiger partial charge in [-0.3, -0.25) is 9.69 Å². The summed E-state index contributed by atoms with van der Waals surface area (Å²) in [5.41, 5.74) is 2.05. The fraction of sp³-hybridized carbons (Fsp3) is 0.462. The summed E-state index contributed by atoms with van der Waals surface area (Å²) in [6.45, 7) is 2.23. The van der Waals surface area contributed by atoms with Crippen molar-refractivity contribution in [2.24, 2.45) is 0 Å². The summed E-state index contributed by atoms with van der Waals surface area (Å²) in [6.07, 6.45) is 2.29. The standard InChI is InChI=1S/C13H15NOS/c15-8-11-3-1-2-10(4-11)6-14-7-13-5-12(14)9-16-13/h1-4,8,12-13H,5-7,9H2. The second-order valence-corrected chi connectivity index (χ2v) is 5.97. The molecule has 2 aliphatic heterocycles. The average molecular weight is 233 g/mol. The van der Waals surface area contributed by atoms with Crippen LogP contribution >= 0.6 is 11.8 Å². The third kappa shape index (κ3) is 1.89. The zero-order valence-electron chi connectivity index (χ0n) is 9.13. The van der Waals surface area contributed by atoms with Crippen molar-refractivity contribution < 1.29 is 4.79 Å². The fourth-order valence-corrected chi connectivity index (χ4v) is 4.17. The lowest BCUT2D eigenvalue weighted by Crippen LogP contribution is -2.33. The van der Waals surface area contributed by atoms with Gasteiger partial charge in [0.25, 0.3) is 0 Å². The molecule has 3 heteroatoms. The van der Waals surface area contributed by atoms with Gasteiger partial charge in [0, 0.05) is 35.7 Å². The first kappa shape index (κ1) is 10.4. The number of aldehydes is 1. The van der Waals surface area contributed by atoms with E-state index in [0.717, 1.165) is 29.7 Å². The average Bonchev–Trinajstić information content (AvgIpc) is 2.91. The van der Waals surface area contributed by atoms with E-state index in [0.29, 0.717) is 0 Å². The molecule has 2 nitrogen and oxygen atoms in total. The van der Waals surface area contributed by atoms with Crippen LogP contribution in [0, 0.1) is 0 Å². The highest BCUT2D eigenvalue weighted by atomic mass is 32.2. The molecule has 0 radical (unpaired) electrons. The highest BCUT2D eigenvalue weighted by Gasteiger charge is 2.38. The van der Waals surface area contributed by atoms with E-state index in [2.05, 4.69) is 22.7 Å². The predicted molar refractivity (Wildman–Crippen MR) is 66.9 cm³/mol. The molecule has 3 rings (SSSR count). The molecule has 0 amide bonds. The minimum Gasteiger partial charge on any atom is -0.298 e. The molecule has 1 aromatic rings. The van der Waals surface area contributed by atoms with Gasteiger partial charge < -0.3 is 0 Å². The molecule has 2 fully saturated rings. The van der Waals surface area contributed by atoms with Gasteiger partial charge in [-0.15, -0.1) is 0 Å². The quantitative estimate of drug-likeness (QED) is 0.746. The summed E-state index contributed by atoms with van der Waals surface area (Å²) >= 11 is 2.12. The van der Waals surface area contributed by atoms with Gasteiger partial charge in [-0.2, -0.15) is 11.8 Å². The summed E-state index contributed by atoms with van der Waals surface area (Å²) in [5.74, 6) is 1.29. The zero-order chi connectivity index (χ0) is 11.0. The van der Waals surface area contributed by atoms with Crippen molar-refractivity contribution in [3.8, 4) is 0 Å². The highest BCUT2D eigenvalue weighted by Crippen LogP contribution is 2.38. The van der Waals surface area contributed by atoms with Crippen LogP contribution in [0.3, 0.4) is 0 Å². The molecule has 0 saturated carbocycles. The summed E-state index contributed by atoms with van der Waals surface area (Å²) < 4.78 is 0. The Morgan fingerprint density at radius 2 is 2.44 bits per heavy atom. The molecule has 0 spiro atoms. The minimum atomic E-state index is 0.773. The van der Waals surface area contributed by atoms with Crippen LogP contribution in [0.1, 0.15) is 22.3 Å². The Bertz CT molecular complexity index is 407. The van der Waals surface area contributed by atoms with Gasteiger partial charge in [-0.25, -0.2) is 0 Å². The summed E-state index contributed by atoms with van der Waals surface area (Å²) in [7, 11) is 0. The van der Waals surface area contributed by atoms with E-state index in [4.69, 9.17) is 0 Å². The molecule has 0 aliphatic carbocycles. The topological polar surface area (TPSA) is 20.3 Å². The molecule has 2 bridgehead atoms. The lowest BCUT2D eigenvalue weighted by molar-refractivity contribution is 0.112. The van der Waals surface area contributed by atoms with Gasteiger partial charge in [0.2, 0.25) is 0 Å². The SMILES string of the molecule is O=Cc1cccc(CN2CC3CC2CS3)c1. The van der Waals surface area contributed by atoms with Crippen molar-refractivity contribution in [3.63, 3.8) is 0 Å². The first-order chi connectivity index (χ1) is 7.85. The van der Waals surface area contributed by atoms with Crippen molar-refractivity contribution in [3.05, 3.63) is 35.4 Å². The molecule has 2 aliphatic rings. The van der Waals surface area contributed by atoms with Gasteiger partial charge in [0.15, 0.2) is 0 Å². The second kappa shape index (κ2) is 4.22. The predicted octanol–water partition coefficient (Wildman–Crippen LogP) is 2.19. The Hall–Kier alpha value is -0.800. The van der Waals surface area contributed by atoms with Crippen LogP contribution in [0.2, 0.25) is 0 Å². The summed E-state index contributed by atoms with van der Waals surface area (Å²) in [6, 6.07) is 8.73. The zero-order valence-corrected chi connectivity index (χ0v) is 9.95. The van der Waals surface area contributed by atoms with Crippen molar-refractivity contribution in [1.82, 2.24) is 4.90 Å². The van der Waals surface area contributed by atoms with Gasteiger partial charge in [-0.05, 0) is 18.1 Å². The van der Waals surface area contributed by atoms with E-state index < -0.39 is 0 Å². The molecule has 2 saturated heterocycles. The van der Waals surface area contributed by atoms with Crippen LogP contribution < -0.4 is 0 Å². The molecule has 2 heterocycles. The van der Waals surface area contributed by atoms with Crippen molar-refractivity contribution in [2.45, 2.75) is 24.3 Å². The number of likely N-dealkylation sites (tertiary alicyclic amines) is 1. The molecule has 2 unspecified atom stereocenters. The lowest BCUT2D eigenvalue weighted by atomic mass is 10.1. The first-order valence-corrected chi connectivity index (χ1v) is 6.80. The Morgan fingerprint density at radius 1 is 1.50 bits per heavy atom. The number of fused-ring (bicyclic) bond motifs is 2. The molecule has 0 aromatic heterocycles. The van der Waals surface area contributed by atoms with Crippen LogP contribution in [0.4, 0.5) is 0 Å². The van der Waals surface area contributed by atoms with E-state index in [1.54, 1.807) is 0 Å². The maximum absolute atomic E-state index is 10.7. The van der Waals surface area contributed by atoms with Crippen LogP contribution in [-0.4, -0.2) is 34.8 Å². The first-order valence-electron chi connectivity index (χ1n) is 5.75. The molecular weight excluding hydrogens is 218 g/mol. The van der Waals surface area contributed by atoms with Crippen LogP contribution in [0.5, 0.6) is 0 Å². The molecule has 16 heavy (non-hydrogen) atoms. The highest BCUT2D eigenvalue weighted by molar-refractivity contribution is 8.00. The molecule has 0 N–H and O–H groups in total. The monoisotopic (exact) mass is 233 g/mol. The van der Waals surface area contributed by atoms with Gasteiger partial charge in [-0.1, -0.05) is 18.2 Å². The maximum Gasteiger partial charge on any atom is 0.150 e. The van der Waals surface area contributed by atoms with Crippen molar-refractivity contribution in [1.29, 1.82) is 0 Å². The van der Waals surface area contributed by atoms with Crippen molar-refractivity contribution in [2.75, 3.05) is 12.3 Å². The van der Waals surface area contributed by atoms with E-state index in [9.17, 15) is 4.79 Å². The number of hydrogen-bond acceptors (Lipinski definition) is 3. The van der Waals surface area contributed by atoms with E-state index in [1.807, 2.05) is 18.2 Å². The van der Waals surface area contributed by atoms with E-state index in [1.165, 1.54) is 24.3 Å². The molecule has 84 valence electrons. The smallest absolute Gasteiger partial charge is 0.150 e. The number of thioether (sulfide) groups is 1. The Kier molecular flexibility index (Phi) is 2.74. The van der Waals surface area contributed by atoms with Crippen LogP contribution in [-0.2, 0) is 6.54 Å². The Balaban J connectivity index is 1.72. The Labute approximate surface area is 100 Å². The van der Waals surface area contributed by atoms with Crippen molar-refractivity contribution >= 4 is 18.0 Å². The number of nitrogens with zero attached hydrogens (tertiary/aromatic N) is 1. The number of hydrogen-bond donors (Lipinski definition) is 0. The third-order valence-corrected chi connectivity index (χ3v) is 4.88. The van der Waals surface area contributed by atoms with Gasteiger partial charge in [0.1, 0.15) is 6.29 Å². The number of benzene rings is 1. The second-order valence-electron chi connectivity index (χ2n) is 4.64. The third-order valence-electron chi connectivity index (χ3n) is 3.49. The largest absolute Gasteiger partial charge is 0.298 e. The van der Waals surface area contributed by atoms with E-state index in [-0.39, 0.29) is 0 Å². The Morgan fingerprint density at radius 3 is 3.12 bits per heavy atom. The minimum absolute atomic E-state index is 0.773. The molecule has 2 atom stereocenters. The van der Waals surface area contributed by atoms with Gasteiger partial charge in [0.05, 0.1) is 0 Å². The maximum atomic E-state index is 10.7. The summed E-state index contributed by atoms with van der Waals surface area (Å²) in [4.78, 5) is 13.3. The van der Waals surface area contributed by atoms with Crippen LogP contribution in [0.15, 0.2) is 24.3 Å². The summed E-state index contributed by atoms with van der Waals surface area (Å²) in [5, 5.41) is 0.860. The van der Waals surface area contributed by atoms with Crippen LogP contribution in [0.25, 0.3) is 0 Å². The number of carbonyl (C=O) groups is 1. The number of rotatable bonds is 3. The lowest BCUT2D eigenvalue weighted by Gasteiger charge is -2.26. The molecular formula is C13H15NOS. The van der Waals surface area contributed by atoms with Gasteiger partial charge >= 0.3 is 0 Å². The van der Waals surface area contributed by atoms with E-state index >= 15 is 0 Å². The fourth-order valence-electron chi connectivity index (χ4n) is 2.67. The molecule has 1 aromatic carbocycles. The number of carbonyl (C=O) groups excluding carboxylic acids is 1. The normalized spacial score (nSPS) is 28.5.